The van der Waals surface area contributed by atoms with Crippen LogP contribution in [0.25, 0.3) is 0 Å². The number of nitrogens with zero attached hydrogens (tertiary/aromatic N) is 2. The molecule has 0 spiro atoms. The molecule has 1 aliphatic heterocycles. The molecule has 0 aliphatic carbocycles. The molecule has 3 N–H and O–H groups in total. The number of nitrogens with one attached hydrogen (secondary N) is 3. The third-order valence-corrected chi connectivity index (χ3v) is 4.83. The van der Waals surface area contributed by atoms with Crippen LogP contribution in [0.5, 0.6) is 0 Å². The van der Waals surface area contributed by atoms with Gasteiger partial charge in [0, 0.05) is 50.9 Å². The molecule has 7 heteroatoms. The van der Waals surface area contributed by atoms with E-state index >= 15 is 0 Å². The quantitative estimate of drug-likeness (QED) is 0.315. The molecule has 1 aliphatic rings. The minimum atomic E-state index is 0. The fraction of sp³-hybridized carbons (Fsp3) is 0.600. The van der Waals surface area contributed by atoms with Crippen molar-refractivity contribution < 1.29 is 4.79 Å². The summed E-state index contributed by atoms with van der Waals surface area (Å²) in [6.07, 6.45) is 1.53. The van der Waals surface area contributed by atoms with Crippen molar-refractivity contribution in [3.63, 3.8) is 0 Å². The van der Waals surface area contributed by atoms with Gasteiger partial charge in [-0.1, -0.05) is 39.0 Å². The maximum absolute atomic E-state index is 11.8. The maximum atomic E-state index is 11.8. The van der Waals surface area contributed by atoms with Crippen LogP contribution in [-0.4, -0.2) is 55.5 Å². The predicted molar refractivity (Wildman–Crippen MR) is 124 cm³/mol. The molecule has 2 rings (SSSR count). The third kappa shape index (κ3) is 7.56. The van der Waals surface area contributed by atoms with Crippen molar-refractivity contribution in [2.24, 2.45) is 10.9 Å². The van der Waals surface area contributed by atoms with E-state index in [1.54, 1.807) is 7.05 Å². The molecule has 152 valence electrons. The van der Waals surface area contributed by atoms with Crippen molar-refractivity contribution in [1.82, 2.24) is 15.5 Å². The number of aliphatic imine (C=N–C) groups is 1. The minimum Gasteiger partial charge on any atom is -0.380 e. The van der Waals surface area contributed by atoms with E-state index in [1.165, 1.54) is 0 Å². The van der Waals surface area contributed by atoms with E-state index in [2.05, 4.69) is 46.9 Å². The second-order valence-corrected chi connectivity index (χ2v) is 7.14. The number of benzene rings is 1. The summed E-state index contributed by atoms with van der Waals surface area (Å²) in [6.45, 7) is 8.69. The van der Waals surface area contributed by atoms with Crippen LogP contribution in [-0.2, 0) is 4.79 Å². The Balaban J connectivity index is 0.00000364. The maximum Gasteiger partial charge on any atom is 0.222 e. The Morgan fingerprint density at radius 3 is 2.59 bits per heavy atom. The molecule has 0 bridgehead atoms. The van der Waals surface area contributed by atoms with Gasteiger partial charge >= 0.3 is 0 Å². The fourth-order valence-corrected chi connectivity index (χ4v) is 3.12. The molecular weight excluding hydrogens is 453 g/mol. The Bertz CT molecular complexity index is 593. The average Bonchev–Trinajstić information content (AvgIpc) is 3.12. The summed E-state index contributed by atoms with van der Waals surface area (Å²) in [4.78, 5) is 18.1. The first-order valence-corrected chi connectivity index (χ1v) is 9.60. The average molecular weight is 487 g/mol. The molecule has 1 aromatic carbocycles. The van der Waals surface area contributed by atoms with Gasteiger partial charge in [0.15, 0.2) is 5.96 Å². The Morgan fingerprint density at radius 2 is 2.00 bits per heavy atom. The second kappa shape index (κ2) is 12.0. The lowest BCUT2D eigenvalue weighted by Gasteiger charge is -2.26. The highest BCUT2D eigenvalue weighted by molar-refractivity contribution is 14.0. The van der Waals surface area contributed by atoms with Crippen molar-refractivity contribution in [2.45, 2.75) is 45.7 Å². The highest BCUT2D eigenvalue weighted by Crippen LogP contribution is 2.12. The molecule has 27 heavy (non-hydrogen) atoms. The standard InChI is InChI=1S/C20H33N5O.HI/c1-5-19(26)25-12-11-17(14-25)24-20(21-4)22-13-18(15(2)3)23-16-9-7-6-8-10-16;/h6-10,15,17-18,23H,5,11-14H2,1-4H3,(H2,21,22,24);1H. The Kier molecular flexibility index (Phi) is 10.5. The van der Waals surface area contributed by atoms with Crippen LogP contribution in [0.15, 0.2) is 35.3 Å². The molecule has 1 saturated heterocycles. The Labute approximate surface area is 180 Å². The molecular formula is C20H34IN5O. The molecule has 1 amide bonds. The predicted octanol–water partition coefficient (Wildman–Crippen LogP) is 2.92. The van der Waals surface area contributed by atoms with E-state index in [-0.39, 0.29) is 42.0 Å². The van der Waals surface area contributed by atoms with Crippen molar-refractivity contribution in [1.29, 1.82) is 0 Å². The van der Waals surface area contributed by atoms with Crippen LogP contribution in [0.4, 0.5) is 5.69 Å². The fourth-order valence-electron chi connectivity index (χ4n) is 3.12. The van der Waals surface area contributed by atoms with Crippen LogP contribution >= 0.6 is 24.0 Å². The number of hydrogen-bond acceptors (Lipinski definition) is 3. The highest BCUT2D eigenvalue weighted by atomic mass is 127. The lowest BCUT2D eigenvalue weighted by atomic mass is 10.0. The smallest absolute Gasteiger partial charge is 0.222 e. The number of halogens is 1. The Morgan fingerprint density at radius 1 is 1.30 bits per heavy atom. The molecule has 1 aromatic rings. The van der Waals surface area contributed by atoms with Gasteiger partial charge in [-0.05, 0) is 24.5 Å². The summed E-state index contributed by atoms with van der Waals surface area (Å²) >= 11 is 0. The normalized spacial score (nSPS) is 18.0. The van der Waals surface area contributed by atoms with E-state index < -0.39 is 0 Å². The van der Waals surface area contributed by atoms with Gasteiger partial charge in [0.05, 0.1) is 0 Å². The largest absolute Gasteiger partial charge is 0.380 e. The summed E-state index contributed by atoms with van der Waals surface area (Å²) < 4.78 is 0. The number of anilines is 1. The highest BCUT2D eigenvalue weighted by Gasteiger charge is 2.26. The van der Waals surface area contributed by atoms with Gasteiger partial charge in [0.2, 0.25) is 5.91 Å². The van der Waals surface area contributed by atoms with Crippen LogP contribution in [0.1, 0.15) is 33.6 Å². The zero-order chi connectivity index (χ0) is 18.9. The van der Waals surface area contributed by atoms with E-state index in [0.717, 1.165) is 37.7 Å². The van der Waals surface area contributed by atoms with Crippen molar-refractivity contribution in [3.8, 4) is 0 Å². The molecule has 0 saturated carbocycles. The van der Waals surface area contributed by atoms with Gasteiger partial charge < -0.3 is 20.9 Å². The van der Waals surface area contributed by atoms with Crippen LogP contribution < -0.4 is 16.0 Å². The number of carbonyl (C=O) groups is 1. The summed E-state index contributed by atoms with van der Waals surface area (Å²) in [5.74, 6) is 1.50. The summed E-state index contributed by atoms with van der Waals surface area (Å²) in [5.41, 5.74) is 1.13. The molecule has 1 fully saturated rings. The zero-order valence-corrected chi connectivity index (χ0v) is 19.2. The molecule has 1 heterocycles. The van der Waals surface area contributed by atoms with Gasteiger partial charge in [-0.3, -0.25) is 9.79 Å². The van der Waals surface area contributed by atoms with E-state index in [4.69, 9.17) is 0 Å². The molecule has 2 atom stereocenters. The van der Waals surface area contributed by atoms with Gasteiger partial charge in [-0.2, -0.15) is 0 Å². The number of likely N-dealkylation sites (tertiary alicyclic amines) is 1. The second-order valence-electron chi connectivity index (χ2n) is 7.14. The summed E-state index contributed by atoms with van der Waals surface area (Å²) in [6, 6.07) is 10.8. The van der Waals surface area contributed by atoms with Crippen LogP contribution in [0, 0.1) is 5.92 Å². The molecule has 0 radical (unpaired) electrons. The van der Waals surface area contributed by atoms with E-state index in [1.807, 2.05) is 30.0 Å². The first-order chi connectivity index (χ1) is 12.5. The number of guanidine groups is 1. The van der Waals surface area contributed by atoms with Gasteiger partial charge in [0.25, 0.3) is 0 Å². The van der Waals surface area contributed by atoms with Gasteiger partial charge in [-0.15, -0.1) is 24.0 Å². The van der Waals surface area contributed by atoms with Crippen molar-refractivity contribution >= 4 is 41.5 Å². The van der Waals surface area contributed by atoms with Crippen LogP contribution in [0.2, 0.25) is 0 Å². The van der Waals surface area contributed by atoms with Crippen LogP contribution in [0.3, 0.4) is 0 Å². The molecule has 6 nitrogen and oxygen atoms in total. The minimum absolute atomic E-state index is 0. The van der Waals surface area contributed by atoms with Crippen molar-refractivity contribution in [3.05, 3.63) is 30.3 Å². The first-order valence-electron chi connectivity index (χ1n) is 9.60. The van der Waals surface area contributed by atoms with E-state index in [9.17, 15) is 4.79 Å². The third-order valence-electron chi connectivity index (χ3n) is 4.83. The van der Waals surface area contributed by atoms with Gasteiger partial charge in [-0.25, -0.2) is 0 Å². The lowest BCUT2D eigenvalue weighted by molar-refractivity contribution is -0.129. The number of carbonyl (C=O) groups excluding carboxylic acids is 1. The Hall–Kier alpha value is -1.51. The SMILES string of the molecule is CCC(=O)N1CCC(NC(=NC)NCC(Nc2ccccc2)C(C)C)C1.I. The van der Waals surface area contributed by atoms with Crippen molar-refractivity contribution in [2.75, 3.05) is 32.0 Å². The van der Waals surface area contributed by atoms with Gasteiger partial charge in [0.1, 0.15) is 0 Å². The lowest BCUT2D eigenvalue weighted by Crippen LogP contribution is -2.48. The molecule has 2 unspecified atom stereocenters. The topological polar surface area (TPSA) is 68.8 Å². The number of rotatable bonds is 7. The number of para-hydroxylation sites is 1. The molecule has 0 aromatic heterocycles. The summed E-state index contributed by atoms with van der Waals surface area (Å²) in [5, 5.41) is 10.5. The zero-order valence-electron chi connectivity index (χ0n) is 16.9. The first kappa shape index (κ1) is 23.5. The monoisotopic (exact) mass is 487 g/mol. The number of amides is 1. The number of hydrogen-bond donors (Lipinski definition) is 3. The van der Waals surface area contributed by atoms with E-state index in [0.29, 0.717) is 12.3 Å². The summed E-state index contributed by atoms with van der Waals surface area (Å²) in [7, 11) is 1.79.